The molecule has 1 aromatic carbocycles. The summed E-state index contributed by atoms with van der Waals surface area (Å²) in [6.07, 6.45) is 1.65. The number of carbonyl (C=O) groups is 1. The van der Waals surface area contributed by atoms with E-state index in [1.807, 2.05) is 19.1 Å². The van der Waals surface area contributed by atoms with Gasteiger partial charge in [0.15, 0.2) is 0 Å². The van der Waals surface area contributed by atoms with E-state index in [9.17, 15) is 4.79 Å². The van der Waals surface area contributed by atoms with Crippen LogP contribution in [0.25, 0.3) is 6.08 Å². The molecule has 0 N–H and O–H groups in total. The van der Waals surface area contributed by atoms with E-state index in [1.165, 1.54) is 7.11 Å². The zero-order valence-electron chi connectivity index (χ0n) is 7.83. The standard InChI is InChI=1S/C11H12O2/c1-4-9-7-8(2)5-6-10(9)11(12)13-3/h4-7H,1H2,2-3H3. The van der Waals surface area contributed by atoms with Gasteiger partial charge in [0.2, 0.25) is 0 Å². The van der Waals surface area contributed by atoms with Gasteiger partial charge in [0, 0.05) is 0 Å². The Hall–Kier alpha value is -1.57. The molecule has 68 valence electrons. The number of esters is 1. The molecule has 0 fully saturated rings. The fourth-order valence-corrected chi connectivity index (χ4v) is 1.15. The van der Waals surface area contributed by atoms with Gasteiger partial charge in [0.05, 0.1) is 12.7 Å². The second kappa shape index (κ2) is 3.90. The molecule has 0 saturated carbocycles. The molecule has 2 heteroatoms. The van der Waals surface area contributed by atoms with Crippen LogP contribution in [0.5, 0.6) is 0 Å². The minimum atomic E-state index is -0.324. The average molecular weight is 176 g/mol. The van der Waals surface area contributed by atoms with Crippen molar-refractivity contribution in [1.82, 2.24) is 0 Å². The first-order valence-corrected chi connectivity index (χ1v) is 4.00. The van der Waals surface area contributed by atoms with Gasteiger partial charge in [-0.15, -0.1) is 0 Å². The third-order valence-corrected chi connectivity index (χ3v) is 1.83. The van der Waals surface area contributed by atoms with Gasteiger partial charge in [-0.05, 0) is 18.6 Å². The van der Waals surface area contributed by atoms with E-state index in [4.69, 9.17) is 0 Å². The number of benzene rings is 1. The Kier molecular flexibility index (Phi) is 2.85. The van der Waals surface area contributed by atoms with Crippen LogP contribution in [0, 0.1) is 6.92 Å². The number of methoxy groups -OCH3 is 1. The quantitative estimate of drug-likeness (QED) is 0.647. The maximum atomic E-state index is 11.2. The van der Waals surface area contributed by atoms with Crippen LogP contribution in [0.2, 0.25) is 0 Å². The molecule has 13 heavy (non-hydrogen) atoms. The molecule has 0 radical (unpaired) electrons. The van der Waals surface area contributed by atoms with Crippen LogP contribution in [0.3, 0.4) is 0 Å². The van der Waals surface area contributed by atoms with E-state index in [2.05, 4.69) is 11.3 Å². The van der Waals surface area contributed by atoms with Crippen LogP contribution in [-0.2, 0) is 4.74 Å². The van der Waals surface area contributed by atoms with Crippen LogP contribution in [0.1, 0.15) is 21.5 Å². The van der Waals surface area contributed by atoms with Crippen LogP contribution >= 0.6 is 0 Å². The van der Waals surface area contributed by atoms with Crippen molar-refractivity contribution in [2.45, 2.75) is 6.92 Å². The second-order valence-electron chi connectivity index (χ2n) is 2.79. The van der Waals surface area contributed by atoms with E-state index in [1.54, 1.807) is 12.1 Å². The summed E-state index contributed by atoms with van der Waals surface area (Å²) in [5.41, 5.74) is 2.47. The van der Waals surface area contributed by atoms with Gasteiger partial charge in [-0.3, -0.25) is 0 Å². The smallest absolute Gasteiger partial charge is 0.338 e. The monoisotopic (exact) mass is 176 g/mol. The summed E-state index contributed by atoms with van der Waals surface area (Å²) in [5.74, 6) is -0.324. The summed E-state index contributed by atoms with van der Waals surface area (Å²) in [5, 5.41) is 0. The molecule has 0 unspecified atom stereocenters. The molecule has 0 atom stereocenters. The molecule has 0 amide bonds. The number of ether oxygens (including phenoxy) is 1. The molecule has 2 nitrogen and oxygen atoms in total. The SMILES string of the molecule is C=Cc1cc(C)ccc1C(=O)OC. The summed E-state index contributed by atoms with van der Waals surface area (Å²) in [7, 11) is 1.37. The van der Waals surface area contributed by atoms with Gasteiger partial charge in [0.1, 0.15) is 0 Å². The molecule has 0 aliphatic heterocycles. The molecule has 0 spiro atoms. The summed E-state index contributed by atoms with van der Waals surface area (Å²) >= 11 is 0. The summed E-state index contributed by atoms with van der Waals surface area (Å²) in [4.78, 5) is 11.2. The normalized spacial score (nSPS) is 9.38. The Morgan fingerprint density at radius 1 is 1.54 bits per heavy atom. The summed E-state index contributed by atoms with van der Waals surface area (Å²) < 4.78 is 4.63. The number of aryl methyl sites for hydroxylation is 1. The Balaban J connectivity index is 3.20. The first-order valence-electron chi connectivity index (χ1n) is 4.00. The van der Waals surface area contributed by atoms with Gasteiger partial charge in [-0.2, -0.15) is 0 Å². The Labute approximate surface area is 77.8 Å². The second-order valence-corrected chi connectivity index (χ2v) is 2.79. The molecule has 0 aliphatic rings. The van der Waals surface area contributed by atoms with Crippen molar-refractivity contribution in [2.75, 3.05) is 7.11 Å². The molecule has 0 saturated heterocycles. The topological polar surface area (TPSA) is 26.3 Å². The maximum Gasteiger partial charge on any atom is 0.338 e. The highest BCUT2D eigenvalue weighted by molar-refractivity contribution is 5.93. The van der Waals surface area contributed by atoms with Gasteiger partial charge >= 0.3 is 5.97 Å². The van der Waals surface area contributed by atoms with Gasteiger partial charge < -0.3 is 4.74 Å². The van der Waals surface area contributed by atoms with Gasteiger partial charge in [-0.1, -0.05) is 30.4 Å². The summed E-state index contributed by atoms with van der Waals surface area (Å²) in [6.45, 7) is 5.61. The molecule has 1 aromatic rings. The van der Waals surface area contributed by atoms with Crippen molar-refractivity contribution in [3.05, 3.63) is 41.5 Å². The van der Waals surface area contributed by atoms with Crippen LogP contribution in [0.15, 0.2) is 24.8 Å². The molecular weight excluding hydrogens is 164 g/mol. The van der Waals surface area contributed by atoms with Gasteiger partial charge in [0.25, 0.3) is 0 Å². The predicted octanol–water partition coefficient (Wildman–Crippen LogP) is 2.42. The lowest BCUT2D eigenvalue weighted by Gasteiger charge is -2.04. The zero-order valence-corrected chi connectivity index (χ0v) is 7.83. The maximum absolute atomic E-state index is 11.2. The van der Waals surface area contributed by atoms with Crippen LogP contribution in [0.4, 0.5) is 0 Å². The third-order valence-electron chi connectivity index (χ3n) is 1.83. The average Bonchev–Trinajstić information content (AvgIpc) is 2.16. The Morgan fingerprint density at radius 2 is 2.23 bits per heavy atom. The molecule has 1 rings (SSSR count). The molecular formula is C11H12O2. The van der Waals surface area contributed by atoms with Crippen molar-refractivity contribution in [1.29, 1.82) is 0 Å². The highest BCUT2D eigenvalue weighted by Gasteiger charge is 2.08. The zero-order chi connectivity index (χ0) is 9.84. The molecule has 0 aromatic heterocycles. The molecule has 0 bridgehead atoms. The van der Waals surface area contributed by atoms with Crippen molar-refractivity contribution in [3.63, 3.8) is 0 Å². The number of hydrogen-bond donors (Lipinski definition) is 0. The van der Waals surface area contributed by atoms with Crippen molar-refractivity contribution < 1.29 is 9.53 Å². The summed E-state index contributed by atoms with van der Waals surface area (Å²) in [6, 6.07) is 5.52. The number of rotatable bonds is 2. The lowest BCUT2D eigenvalue weighted by molar-refractivity contribution is 0.0600. The lowest BCUT2D eigenvalue weighted by Crippen LogP contribution is -2.03. The fourth-order valence-electron chi connectivity index (χ4n) is 1.15. The molecule has 0 aliphatic carbocycles. The first kappa shape index (κ1) is 9.52. The molecule has 0 heterocycles. The number of carbonyl (C=O) groups excluding carboxylic acids is 1. The van der Waals surface area contributed by atoms with Crippen molar-refractivity contribution >= 4 is 12.0 Å². The minimum absolute atomic E-state index is 0.324. The fraction of sp³-hybridized carbons (Fsp3) is 0.182. The van der Waals surface area contributed by atoms with Crippen molar-refractivity contribution in [2.24, 2.45) is 0 Å². The highest BCUT2D eigenvalue weighted by Crippen LogP contribution is 2.13. The highest BCUT2D eigenvalue weighted by atomic mass is 16.5. The minimum Gasteiger partial charge on any atom is -0.465 e. The Morgan fingerprint density at radius 3 is 2.77 bits per heavy atom. The lowest BCUT2D eigenvalue weighted by atomic mass is 10.0. The third kappa shape index (κ3) is 1.96. The van der Waals surface area contributed by atoms with Crippen LogP contribution < -0.4 is 0 Å². The van der Waals surface area contributed by atoms with E-state index in [0.29, 0.717) is 5.56 Å². The largest absolute Gasteiger partial charge is 0.465 e. The van der Waals surface area contributed by atoms with E-state index in [-0.39, 0.29) is 5.97 Å². The first-order chi connectivity index (χ1) is 6.19. The van der Waals surface area contributed by atoms with E-state index >= 15 is 0 Å². The van der Waals surface area contributed by atoms with E-state index in [0.717, 1.165) is 11.1 Å². The number of hydrogen-bond acceptors (Lipinski definition) is 2. The van der Waals surface area contributed by atoms with Crippen molar-refractivity contribution in [3.8, 4) is 0 Å². The Bertz CT molecular complexity index is 340. The van der Waals surface area contributed by atoms with Gasteiger partial charge in [-0.25, -0.2) is 4.79 Å². The predicted molar refractivity (Wildman–Crippen MR) is 52.6 cm³/mol. The van der Waals surface area contributed by atoms with E-state index < -0.39 is 0 Å². The van der Waals surface area contributed by atoms with Crippen LogP contribution in [-0.4, -0.2) is 13.1 Å².